The maximum absolute atomic E-state index is 12.8. The minimum atomic E-state index is -4.33. The number of aliphatic hydroxyl groups is 1. The van der Waals surface area contributed by atoms with Crippen LogP contribution in [-0.2, 0) is 18.4 Å². The van der Waals surface area contributed by atoms with Gasteiger partial charge >= 0.3 is 7.82 Å². The summed E-state index contributed by atoms with van der Waals surface area (Å²) in [6.07, 6.45) is 45.6. The van der Waals surface area contributed by atoms with Gasteiger partial charge in [0.15, 0.2) is 0 Å². The number of nitrogens with one attached hydrogen (secondary N) is 1. The van der Waals surface area contributed by atoms with Crippen LogP contribution in [0.4, 0.5) is 0 Å². The number of allylic oxidation sites excluding steroid dienone is 11. The van der Waals surface area contributed by atoms with Gasteiger partial charge in [0.05, 0.1) is 39.9 Å². The molecule has 0 aliphatic rings. The fraction of sp³-hybridized carbons (Fsp3) is 0.698. The van der Waals surface area contributed by atoms with E-state index in [-0.39, 0.29) is 19.1 Å². The lowest BCUT2D eigenvalue weighted by molar-refractivity contribution is -0.870. The number of rotatable bonds is 35. The Bertz CT molecular complexity index is 1080. The van der Waals surface area contributed by atoms with Crippen LogP contribution in [-0.4, -0.2) is 73.4 Å². The first-order chi connectivity index (χ1) is 25.0. The molecule has 0 saturated carbocycles. The van der Waals surface area contributed by atoms with Crippen molar-refractivity contribution >= 4 is 13.7 Å². The van der Waals surface area contributed by atoms with Gasteiger partial charge in [0, 0.05) is 6.42 Å². The zero-order valence-corrected chi connectivity index (χ0v) is 34.7. The number of phosphoric acid groups is 1. The van der Waals surface area contributed by atoms with Gasteiger partial charge in [0.1, 0.15) is 13.2 Å². The number of quaternary nitrogens is 1. The zero-order valence-electron chi connectivity index (χ0n) is 33.8. The Balaban J connectivity index is 4.29. The third-order valence-electron chi connectivity index (χ3n) is 8.43. The van der Waals surface area contributed by atoms with Gasteiger partial charge in [-0.1, -0.05) is 145 Å². The molecule has 0 rings (SSSR count). The van der Waals surface area contributed by atoms with Gasteiger partial charge in [-0.25, -0.2) is 4.57 Å². The first kappa shape index (κ1) is 49.9. The highest BCUT2D eigenvalue weighted by Gasteiger charge is 2.27. The topological polar surface area (TPSA) is 105 Å². The smallest absolute Gasteiger partial charge is 0.387 e. The number of aliphatic hydroxyl groups excluding tert-OH is 1. The number of unbranched alkanes of at least 4 members (excludes halogenated alkanes) is 12. The molecule has 0 aliphatic heterocycles. The molecule has 1 amide bonds. The zero-order chi connectivity index (χ0) is 38.6. The maximum atomic E-state index is 12.8. The van der Waals surface area contributed by atoms with E-state index >= 15 is 0 Å². The molecule has 300 valence electrons. The molecule has 0 aromatic carbocycles. The highest BCUT2D eigenvalue weighted by atomic mass is 31.2. The molecule has 0 bridgehead atoms. The van der Waals surface area contributed by atoms with E-state index in [0.29, 0.717) is 17.4 Å². The van der Waals surface area contributed by atoms with Crippen LogP contribution in [0, 0.1) is 0 Å². The van der Waals surface area contributed by atoms with Crippen LogP contribution in [0.1, 0.15) is 142 Å². The van der Waals surface area contributed by atoms with Crippen LogP contribution in [0.5, 0.6) is 0 Å². The minimum absolute atomic E-state index is 0.0547. The van der Waals surface area contributed by atoms with Crippen LogP contribution in [0.15, 0.2) is 72.9 Å². The maximum Gasteiger partial charge on any atom is 0.472 e. The molecule has 0 aromatic rings. The Hall–Kier alpha value is -2.06. The molecule has 0 heterocycles. The number of carbonyl (C=O) groups is 1. The van der Waals surface area contributed by atoms with Gasteiger partial charge in [0.25, 0.3) is 0 Å². The Morgan fingerprint density at radius 1 is 0.673 bits per heavy atom. The molecule has 0 aromatic heterocycles. The molecule has 52 heavy (non-hydrogen) atoms. The number of amides is 1. The first-order valence-electron chi connectivity index (χ1n) is 20.3. The fourth-order valence-electron chi connectivity index (χ4n) is 5.18. The van der Waals surface area contributed by atoms with E-state index in [1.165, 1.54) is 38.5 Å². The SMILES string of the molecule is CC/C=C\C/C=C\C/C=C\C/C=C\C/C=C\CCCCCCCCCC(=O)NC(COP(=O)(O)OCC[N+](C)(C)C)C(O)/C=C/CCCCCCC. The number of hydrogen-bond acceptors (Lipinski definition) is 5. The third kappa shape index (κ3) is 36.3. The number of carbonyl (C=O) groups excluding carboxylic acids is 1. The summed E-state index contributed by atoms with van der Waals surface area (Å²) in [4.78, 5) is 22.9. The minimum Gasteiger partial charge on any atom is -0.387 e. The summed E-state index contributed by atoms with van der Waals surface area (Å²) in [6, 6.07) is -0.853. The fourth-order valence-corrected chi connectivity index (χ4v) is 5.92. The Morgan fingerprint density at radius 2 is 1.15 bits per heavy atom. The van der Waals surface area contributed by atoms with E-state index in [0.717, 1.165) is 83.5 Å². The Kier molecular flexibility index (Phi) is 33.3. The van der Waals surface area contributed by atoms with E-state index in [1.807, 2.05) is 27.2 Å². The summed E-state index contributed by atoms with van der Waals surface area (Å²) in [5, 5.41) is 13.7. The van der Waals surface area contributed by atoms with Gasteiger partial charge in [-0.2, -0.15) is 0 Å². The quantitative estimate of drug-likeness (QED) is 0.0258. The van der Waals surface area contributed by atoms with Crippen molar-refractivity contribution in [3.8, 4) is 0 Å². The largest absolute Gasteiger partial charge is 0.472 e. The first-order valence-corrected chi connectivity index (χ1v) is 21.8. The summed E-state index contributed by atoms with van der Waals surface area (Å²) in [5.41, 5.74) is 0. The summed E-state index contributed by atoms with van der Waals surface area (Å²) in [6.45, 7) is 4.60. The van der Waals surface area contributed by atoms with Crippen molar-refractivity contribution in [2.24, 2.45) is 0 Å². The van der Waals surface area contributed by atoms with Gasteiger partial charge in [0.2, 0.25) is 5.91 Å². The van der Waals surface area contributed by atoms with Crippen molar-refractivity contribution in [2.75, 3.05) is 40.9 Å². The van der Waals surface area contributed by atoms with Crippen molar-refractivity contribution in [1.29, 1.82) is 0 Å². The lowest BCUT2D eigenvalue weighted by Crippen LogP contribution is -2.45. The molecule has 3 unspecified atom stereocenters. The molecule has 0 fully saturated rings. The van der Waals surface area contributed by atoms with Crippen molar-refractivity contribution in [3.05, 3.63) is 72.9 Å². The Morgan fingerprint density at radius 3 is 1.69 bits per heavy atom. The molecule has 0 saturated heterocycles. The second-order valence-electron chi connectivity index (χ2n) is 14.6. The number of phosphoric ester groups is 1. The van der Waals surface area contributed by atoms with Crippen molar-refractivity contribution in [3.63, 3.8) is 0 Å². The molecule has 8 nitrogen and oxygen atoms in total. The lowest BCUT2D eigenvalue weighted by Gasteiger charge is -2.25. The molecule has 0 spiro atoms. The van der Waals surface area contributed by atoms with Gasteiger partial charge in [-0.3, -0.25) is 13.8 Å². The van der Waals surface area contributed by atoms with Crippen LogP contribution < -0.4 is 5.32 Å². The summed E-state index contributed by atoms with van der Waals surface area (Å²) < 4.78 is 23.4. The Labute approximate surface area is 319 Å². The average molecular weight is 750 g/mol. The van der Waals surface area contributed by atoms with E-state index in [1.54, 1.807) is 6.08 Å². The predicted octanol–water partition coefficient (Wildman–Crippen LogP) is 10.9. The van der Waals surface area contributed by atoms with E-state index < -0.39 is 20.0 Å². The highest BCUT2D eigenvalue weighted by molar-refractivity contribution is 7.47. The van der Waals surface area contributed by atoms with Crippen LogP contribution >= 0.6 is 7.82 Å². The average Bonchev–Trinajstić information content (AvgIpc) is 3.09. The number of nitrogens with zero attached hydrogens (tertiary/aromatic N) is 1. The highest BCUT2D eigenvalue weighted by Crippen LogP contribution is 2.43. The van der Waals surface area contributed by atoms with Crippen molar-refractivity contribution in [1.82, 2.24) is 5.32 Å². The van der Waals surface area contributed by atoms with E-state index in [2.05, 4.69) is 79.9 Å². The third-order valence-corrected chi connectivity index (χ3v) is 9.42. The van der Waals surface area contributed by atoms with E-state index in [4.69, 9.17) is 9.05 Å². The molecular formula is C43H78N2O6P+. The molecule has 0 aliphatic carbocycles. The van der Waals surface area contributed by atoms with E-state index in [9.17, 15) is 19.4 Å². The lowest BCUT2D eigenvalue weighted by atomic mass is 10.1. The van der Waals surface area contributed by atoms with Gasteiger partial charge in [-0.05, 0) is 64.2 Å². The van der Waals surface area contributed by atoms with Gasteiger partial charge < -0.3 is 19.8 Å². The predicted molar refractivity (Wildman–Crippen MR) is 221 cm³/mol. The summed E-state index contributed by atoms with van der Waals surface area (Å²) in [5.74, 6) is -0.198. The molecule has 3 N–H and O–H groups in total. The second-order valence-corrected chi connectivity index (χ2v) is 16.1. The van der Waals surface area contributed by atoms with Crippen LogP contribution in [0.2, 0.25) is 0 Å². The molecule has 3 atom stereocenters. The van der Waals surface area contributed by atoms with Gasteiger partial charge in [-0.15, -0.1) is 0 Å². The second kappa shape index (κ2) is 34.7. The van der Waals surface area contributed by atoms with Crippen LogP contribution in [0.3, 0.4) is 0 Å². The number of likely N-dealkylation sites (N-methyl/N-ethyl adjacent to an activating group) is 1. The van der Waals surface area contributed by atoms with Crippen molar-refractivity contribution in [2.45, 2.75) is 154 Å². The summed E-state index contributed by atoms with van der Waals surface area (Å²) in [7, 11) is 1.54. The summed E-state index contributed by atoms with van der Waals surface area (Å²) >= 11 is 0. The van der Waals surface area contributed by atoms with Crippen molar-refractivity contribution < 1.29 is 32.9 Å². The van der Waals surface area contributed by atoms with Crippen LogP contribution in [0.25, 0.3) is 0 Å². The standard InChI is InChI=1S/C43H77N2O6P/c1-6-8-10-12-14-15-16-17-18-19-20-21-22-23-24-25-26-27-28-29-31-33-35-37-43(47)44-41(42(46)36-34-32-30-13-11-9-7-2)40-51-52(48,49)50-39-38-45(3,4)5/h8,10,14-15,17-18,20-21,23-24,34,36,41-42,46H,6-7,9,11-13,16,19,22,25-33,35,37-40H2,1-5H3,(H-,44,47,48,49)/p+1/b10-8-,15-14-,18-17-,21-20-,24-23-,36-34+. The monoisotopic (exact) mass is 750 g/mol. The molecular weight excluding hydrogens is 671 g/mol. The molecule has 9 heteroatoms. The normalized spacial score (nSPS) is 15.3. The molecule has 0 radical (unpaired) electrons. The number of hydrogen-bond donors (Lipinski definition) is 3.